The van der Waals surface area contributed by atoms with E-state index < -0.39 is 0 Å². The highest BCUT2D eigenvalue weighted by atomic mass is 15.2. The van der Waals surface area contributed by atoms with Crippen LogP contribution in [0.25, 0.3) is 6.08 Å². The second kappa shape index (κ2) is 15.4. The molecule has 1 saturated carbocycles. The van der Waals surface area contributed by atoms with Crippen molar-refractivity contribution in [3.8, 4) is 0 Å². The van der Waals surface area contributed by atoms with Gasteiger partial charge in [0.25, 0.3) is 0 Å². The lowest BCUT2D eigenvalue weighted by Crippen LogP contribution is -2.45. The van der Waals surface area contributed by atoms with Crippen LogP contribution >= 0.6 is 0 Å². The monoisotopic (exact) mass is 794 g/mol. The van der Waals surface area contributed by atoms with E-state index in [2.05, 4.69) is 186 Å². The molecular formula is C59H58N2. The first-order chi connectivity index (χ1) is 30.3. The number of hydrogen-bond acceptors (Lipinski definition) is 2. The molecule has 1 spiro atoms. The summed E-state index contributed by atoms with van der Waals surface area (Å²) >= 11 is 0. The van der Waals surface area contributed by atoms with E-state index in [9.17, 15) is 0 Å². The van der Waals surface area contributed by atoms with Gasteiger partial charge in [-0.1, -0.05) is 140 Å². The number of anilines is 3. The number of allylic oxidation sites excluding steroid dienone is 18. The van der Waals surface area contributed by atoms with E-state index in [1.807, 2.05) is 0 Å². The van der Waals surface area contributed by atoms with Gasteiger partial charge in [0.15, 0.2) is 0 Å². The van der Waals surface area contributed by atoms with E-state index in [1.54, 1.807) is 16.8 Å². The molecule has 0 saturated heterocycles. The van der Waals surface area contributed by atoms with E-state index in [-0.39, 0.29) is 5.41 Å². The first-order valence-corrected chi connectivity index (χ1v) is 23.7. The maximum Gasteiger partial charge on any atom is 0.0562 e. The lowest BCUT2D eigenvalue weighted by atomic mass is 9.57. The van der Waals surface area contributed by atoms with Crippen molar-refractivity contribution in [2.24, 2.45) is 29.6 Å². The molecule has 8 unspecified atom stereocenters. The normalized spacial score (nSPS) is 31.0. The minimum absolute atomic E-state index is 0.00340. The van der Waals surface area contributed by atoms with Crippen molar-refractivity contribution < 1.29 is 0 Å². The fraction of sp³-hybridized carbons (Fsp3) is 0.322. The van der Waals surface area contributed by atoms with Gasteiger partial charge in [-0.25, -0.2) is 0 Å². The van der Waals surface area contributed by atoms with Crippen LogP contribution in [0.15, 0.2) is 193 Å². The van der Waals surface area contributed by atoms with Crippen LogP contribution in [0.1, 0.15) is 92.4 Å². The van der Waals surface area contributed by atoms with E-state index in [0.717, 1.165) is 51.4 Å². The van der Waals surface area contributed by atoms with Gasteiger partial charge in [-0.2, -0.15) is 0 Å². The fourth-order valence-electron chi connectivity index (χ4n) is 13.9. The number of hydrogen-bond donors (Lipinski definition) is 0. The Balaban J connectivity index is 1.02. The second-order valence-electron chi connectivity index (χ2n) is 19.0. The van der Waals surface area contributed by atoms with Gasteiger partial charge in [-0.15, -0.1) is 0 Å². The van der Waals surface area contributed by atoms with Crippen molar-refractivity contribution in [3.63, 3.8) is 0 Å². The number of rotatable bonds is 7. The largest absolute Gasteiger partial charge is 0.338 e. The van der Waals surface area contributed by atoms with Crippen LogP contribution in [-0.2, 0) is 11.8 Å². The maximum atomic E-state index is 2.85. The van der Waals surface area contributed by atoms with Gasteiger partial charge < -0.3 is 9.80 Å². The zero-order valence-electron chi connectivity index (χ0n) is 35.5. The zero-order valence-corrected chi connectivity index (χ0v) is 35.5. The topological polar surface area (TPSA) is 6.48 Å². The summed E-state index contributed by atoms with van der Waals surface area (Å²) in [4.78, 5) is 5.43. The molecule has 0 radical (unpaired) electrons. The number of aryl methyl sites for hydroxylation is 1. The number of benzene rings is 3. The molecule has 61 heavy (non-hydrogen) atoms. The molecule has 12 rings (SSSR count). The standard InChI is InChI=1S/C59H58N2/c1-4-19-41(20-5-1)43-23-16-28-46(39-43)61(45-26-8-3-9-27-45)57-36-18-34-54-58(57)51-31-13-15-33-53(51)59(54)52-32-14-12-30-49(52)50-38-37-47(40-55(50)59)60(44-24-6-2-7-25-44)56-35-17-22-42-21-10-11-29-48(42)56/h1-2,4,6-8,11,13-17,19,22-29,31-33,35-38,40,46,49,51-54,58H,3,5,9-10,12,18,20-21,30,34,39H2. The molecule has 2 heteroatoms. The smallest absolute Gasteiger partial charge is 0.0562 e. The van der Waals surface area contributed by atoms with Gasteiger partial charge in [-0.3, -0.25) is 0 Å². The highest BCUT2D eigenvalue weighted by molar-refractivity contribution is 5.84. The van der Waals surface area contributed by atoms with Gasteiger partial charge in [0.2, 0.25) is 0 Å². The summed E-state index contributed by atoms with van der Waals surface area (Å²) in [6.45, 7) is 0. The molecular weight excluding hydrogens is 737 g/mol. The summed E-state index contributed by atoms with van der Waals surface area (Å²) in [6, 6.07) is 26.2. The Labute approximate surface area is 363 Å². The van der Waals surface area contributed by atoms with Crippen LogP contribution in [0.3, 0.4) is 0 Å². The van der Waals surface area contributed by atoms with Crippen LogP contribution in [0, 0.1) is 29.6 Å². The third-order valence-corrected chi connectivity index (χ3v) is 16.1. The number of para-hydroxylation sites is 1. The molecule has 8 atom stereocenters. The molecule has 9 aliphatic carbocycles. The summed E-state index contributed by atoms with van der Waals surface area (Å²) < 4.78 is 0. The van der Waals surface area contributed by atoms with Crippen molar-refractivity contribution in [2.45, 2.75) is 88.0 Å². The predicted octanol–water partition coefficient (Wildman–Crippen LogP) is 14.8. The van der Waals surface area contributed by atoms with Gasteiger partial charge >= 0.3 is 0 Å². The average molecular weight is 795 g/mol. The van der Waals surface area contributed by atoms with Crippen LogP contribution < -0.4 is 4.90 Å². The Morgan fingerprint density at radius 3 is 2.41 bits per heavy atom. The molecule has 2 nitrogen and oxygen atoms in total. The van der Waals surface area contributed by atoms with Crippen LogP contribution in [0.5, 0.6) is 0 Å². The summed E-state index contributed by atoms with van der Waals surface area (Å²) in [5, 5.41) is 0. The van der Waals surface area contributed by atoms with Crippen molar-refractivity contribution in [1.82, 2.24) is 4.90 Å². The van der Waals surface area contributed by atoms with E-state index >= 15 is 0 Å². The molecule has 0 heterocycles. The molecule has 0 N–H and O–H groups in total. The van der Waals surface area contributed by atoms with Crippen molar-refractivity contribution in [1.29, 1.82) is 0 Å². The third kappa shape index (κ3) is 5.95. The molecule has 304 valence electrons. The molecule has 3 aromatic rings. The van der Waals surface area contributed by atoms with E-state index in [0.29, 0.717) is 41.5 Å². The lowest BCUT2D eigenvalue weighted by molar-refractivity contribution is 0.155. The van der Waals surface area contributed by atoms with Gasteiger partial charge in [0, 0.05) is 39.7 Å². The van der Waals surface area contributed by atoms with Gasteiger partial charge in [0.05, 0.1) is 11.7 Å². The molecule has 0 amide bonds. The maximum absolute atomic E-state index is 2.85. The Morgan fingerprint density at radius 2 is 1.51 bits per heavy atom. The molecule has 0 bridgehead atoms. The van der Waals surface area contributed by atoms with Crippen molar-refractivity contribution in [3.05, 3.63) is 215 Å². The zero-order chi connectivity index (χ0) is 40.3. The SMILES string of the molecule is C1=CCCC(C2=CC=CC(N(C3=CCCC=C3)C3=CCCC4C3C3C=CC=CC3C43c4cc(N(c5ccccc5)c5cccc6c5C=CCC6)ccc4C4CCC=CC43)C2)=C1. The summed E-state index contributed by atoms with van der Waals surface area (Å²) in [5.74, 6) is 2.84. The molecule has 3 aromatic carbocycles. The van der Waals surface area contributed by atoms with Crippen LogP contribution in [0.4, 0.5) is 17.1 Å². The second-order valence-corrected chi connectivity index (χ2v) is 19.0. The van der Waals surface area contributed by atoms with E-state index in [1.165, 1.54) is 64.3 Å². The third-order valence-electron chi connectivity index (χ3n) is 16.1. The average Bonchev–Trinajstić information content (AvgIpc) is 3.80. The van der Waals surface area contributed by atoms with Crippen molar-refractivity contribution in [2.75, 3.05) is 4.90 Å². The molecule has 0 aliphatic heterocycles. The minimum Gasteiger partial charge on any atom is -0.338 e. The summed E-state index contributed by atoms with van der Waals surface area (Å²) in [5.41, 5.74) is 15.9. The molecule has 1 fully saturated rings. The Kier molecular flexibility index (Phi) is 9.38. The fourth-order valence-corrected chi connectivity index (χ4v) is 13.9. The van der Waals surface area contributed by atoms with E-state index in [4.69, 9.17) is 0 Å². The summed E-state index contributed by atoms with van der Waals surface area (Å²) in [7, 11) is 0. The van der Waals surface area contributed by atoms with Gasteiger partial charge in [-0.05, 0) is 164 Å². The lowest BCUT2D eigenvalue weighted by Gasteiger charge is -2.47. The Hall–Kier alpha value is -5.60. The number of nitrogens with zero attached hydrogens (tertiary/aromatic N) is 2. The Morgan fingerprint density at radius 1 is 0.607 bits per heavy atom. The first kappa shape index (κ1) is 37.2. The molecule has 0 aromatic heterocycles. The Bertz CT molecular complexity index is 2580. The highest BCUT2D eigenvalue weighted by Gasteiger charge is 2.68. The highest BCUT2D eigenvalue weighted by Crippen LogP contribution is 2.72. The molecule has 9 aliphatic rings. The van der Waals surface area contributed by atoms with Crippen LogP contribution in [-0.4, -0.2) is 10.9 Å². The first-order valence-electron chi connectivity index (χ1n) is 23.7. The van der Waals surface area contributed by atoms with Crippen molar-refractivity contribution >= 4 is 23.1 Å². The number of fused-ring (bicyclic) bond motifs is 11. The summed E-state index contributed by atoms with van der Waals surface area (Å²) in [6.07, 6.45) is 57.1. The predicted molar refractivity (Wildman–Crippen MR) is 255 cm³/mol. The quantitative estimate of drug-likeness (QED) is 0.220. The van der Waals surface area contributed by atoms with Crippen LogP contribution in [0.2, 0.25) is 0 Å². The van der Waals surface area contributed by atoms with Gasteiger partial charge in [0.1, 0.15) is 0 Å². The minimum atomic E-state index is -0.00340.